The van der Waals surface area contributed by atoms with Crippen LogP contribution >= 0.6 is 0 Å². The van der Waals surface area contributed by atoms with Gasteiger partial charge in [0.15, 0.2) is 8.32 Å². The summed E-state index contributed by atoms with van der Waals surface area (Å²) in [6.07, 6.45) is 2.13. The summed E-state index contributed by atoms with van der Waals surface area (Å²) in [5.74, 6) is 1.22. The standard InChI is InChI=1S/C29H41N3O4Si/c1-10-22(36-37(8,9)29(5,6)7)19-34-23-13-15-24-20(17-23)11-14-25(31-24)21-12-16-26(30-18-21)32-27(33)35-28(2,3)4/h11-18,22H,10,19H2,1-9H3,(H,30,32,33). The van der Waals surface area contributed by atoms with E-state index in [0.717, 1.165) is 34.3 Å². The minimum atomic E-state index is -1.85. The molecule has 0 saturated carbocycles. The van der Waals surface area contributed by atoms with Gasteiger partial charge in [0.2, 0.25) is 0 Å². The van der Waals surface area contributed by atoms with Gasteiger partial charge >= 0.3 is 6.09 Å². The van der Waals surface area contributed by atoms with E-state index in [-0.39, 0.29) is 11.1 Å². The number of hydrogen-bond acceptors (Lipinski definition) is 6. The highest BCUT2D eigenvalue weighted by atomic mass is 28.4. The Morgan fingerprint density at radius 3 is 2.35 bits per heavy atom. The first-order valence-electron chi connectivity index (χ1n) is 12.8. The number of hydrogen-bond donors (Lipinski definition) is 1. The molecule has 0 aliphatic rings. The van der Waals surface area contributed by atoms with E-state index in [2.05, 4.69) is 51.1 Å². The summed E-state index contributed by atoms with van der Waals surface area (Å²) in [7, 11) is -1.85. The lowest BCUT2D eigenvalue weighted by Gasteiger charge is -2.39. The largest absolute Gasteiger partial charge is 0.491 e. The zero-order chi connectivity index (χ0) is 27.4. The molecule has 3 aromatic rings. The molecule has 200 valence electrons. The number of amides is 1. The normalized spacial score (nSPS) is 13.3. The van der Waals surface area contributed by atoms with E-state index in [0.29, 0.717) is 12.4 Å². The number of carbonyl (C=O) groups excluding carboxylic acids is 1. The molecule has 8 heteroatoms. The zero-order valence-electron chi connectivity index (χ0n) is 23.6. The quantitative estimate of drug-likeness (QED) is 0.303. The maximum atomic E-state index is 12.0. The van der Waals surface area contributed by atoms with E-state index in [4.69, 9.17) is 18.9 Å². The number of pyridine rings is 2. The molecule has 2 aromatic heterocycles. The van der Waals surface area contributed by atoms with Crippen molar-refractivity contribution in [2.75, 3.05) is 11.9 Å². The molecular formula is C29H41N3O4Si. The average Bonchev–Trinajstić information content (AvgIpc) is 2.79. The molecule has 1 unspecified atom stereocenters. The average molecular weight is 524 g/mol. The Morgan fingerprint density at radius 2 is 1.76 bits per heavy atom. The fourth-order valence-corrected chi connectivity index (χ4v) is 4.82. The summed E-state index contributed by atoms with van der Waals surface area (Å²) in [6.45, 7) is 19.4. The fourth-order valence-electron chi connectivity index (χ4n) is 3.40. The van der Waals surface area contributed by atoms with Crippen molar-refractivity contribution >= 4 is 31.1 Å². The number of anilines is 1. The van der Waals surface area contributed by atoms with Gasteiger partial charge in [-0.2, -0.15) is 0 Å². The smallest absolute Gasteiger partial charge is 0.413 e. The SMILES string of the molecule is CCC(COc1ccc2nc(-c3ccc(NC(=O)OC(C)(C)C)nc3)ccc2c1)O[Si](C)(C)C(C)(C)C. The topological polar surface area (TPSA) is 82.6 Å². The Balaban J connectivity index is 1.66. The summed E-state index contributed by atoms with van der Waals surface area (Å²) in [6, 6.07) is 13.5. The minimum Gasteiger partial charge on any atom is -0.491 e. The Kier molecular flexibility index (Phi) is 8.65. The fraction of sp³-hybridized carbons (Fsp3) is 0.483. The first-order chi connectivity index (χ1) is 17.2. The molecule has 1 aromatic carbocycles. The summed E-state index contributed by atoms with van der Waals surface area (Å²) in [5.41, 5.74) is 1.95. The highest BCUT2D eigenvalue weighted by Crippen LogP contribution is 2.37. The van der Waals surface area contributed by atoms with Crippen molar-refractivity contribution in [2.24, 2.45) is 0 Å². The summed E-state index contributed by atoms with van der Waals surface area (Å²) in [4.78, 5) is 21.1. The molecule has 37 heavy (non-hydrogen) atoms. The Bertz CT molecular complexity index is 1210. The van der Waals surface area contributed by atoms with Gasteiger partial charge in [0.05, 0.1) is 17.3 Å². The third-order valence-electron chi connectivity index (χ3n) is 6.51. The predicted octanol–water partition coefficient (Wildman–Crippen LogP) is 7.82. The van der Waals surface area contributed by atoms with Gasteiger partial charge in [-0.25, -0.2) is 14.8 Å². The number of benzene rings is 1. The zero-order valence-corrected chi connectivity index (χ0v) is 24.6. The van der Waals surface area contributed by atoms with E-state index >= 15 is 0 Å². The second-order valence-corrected chi connectivity index (χ2v) is 16.6. The van der Waals surface area contributed by atoms with Gasteiger partial charge in [0, 0.05) is 17.1 Å². The molecule has 7 nitrogen and oxygen atoms in total. The highest BCUT2D eigenvalue weighted by Gasteiger charge is 2.39. The van der Waals surface area contributed by atoms with Crippen molar-refractivity contribution < 1.29 is 18.7 Å². The number of rotatable bonds is 8. The number of ether oxygens (including phenoxy) is 2. The van der Waals surface area contributed by atoms with E-state index in [1.54, 1.807) is 12.3 Å². The molecule has 0 bridgehead atoms. The summed E-state index contributed by atoms with van der Waals surface area (Å²) < 4.78 is 17.9. The van der Waals surface area contributed by atoms with Crippen LogP contribution in [0, 0.1) is 0 Å². The minimum absolute atomic E-state index is 0.0670. The Hall–Kier alpha value is -2.97. The van der Waals surface area contributed by atoms with Crippen molar-refractivity contribution in [3.05, 3.63) is 48.7 Å². The molecule has 0 radical (unpaired) electrons. The summed E-state index contributed by atoms with van der Waals surface area (Å²) >= 11 is 0. The van der Waals surface area contributed by atoms with Crippen LogP contribution in [-0.2, 0) is 9.16 Å². The number of fused-ring (bicyclic) bond motifs is 1. The number of nitrogens with one attached hydrogen (secondary N) is 1. The van der Waals surface area contributed by atoms with Gasteiger partial charge in [-0.15, -0.1) is 0 Å². The van der Waals surface area contributed by atoms with Crippen LogP contribution < -0.4 is 10.1 Å². The first-order valence-corrected chi connectivity index (χ1v) is 15.8. The van der Waals surface area contributed by atoms with Crippen molar-refractivity contribution in [1.82, 2.24) is 9.97 Å². The molecule has 0 aliphatic heterocycles. The lowest BCUT2D eigenvalue weighted by Crippen LogP contribution is -2.45. The number of nitrogens with zero attached hydrogens (tertiary/aromatic N) is 2. The van der Waals surface area contributed by atoms with Crippen LogP contribution in [-0.4, -0.2) is 42.7 Å². The maximum absolute atomic E-state index is 12.0. The molecule has 0 spiro atoms. The van der Waals surface area contributed by atoms with Gasteiger partial charge in [-0.05, 0) is 81.7 Å². The van der Waals surface area contributed by atoms with Crippen LogP contribution in [0.5, 0.6) is 5.75 Å². The van der Waals surface area contributed by atoms with Crippen LogP contribution in [0.25, 0.3) is 22.2 Å². The van der Waals surface area contributed by atoms with Gasteiger partial charge in [-0.1, -0.05) is 33.8 Å². The second-order valence-electron chi connectivity index (χ2n) is 11.8. The van der Waals surface area contributed by atoms with Gasteiger partial charge in [-0.3, -0.25) is 5.32 Å². The van der Waals surface area contributed by atoms with Gasteiger partial charge < -0.3 is 13.9 Å². The van der Waals surface area contributed by atoms with Crippen LogP contribution in [0.1, 0.15) is 54.9 Å². The molecular weight excluding hydrogens is 482 g/mol. The molecule has 0 aliphatic carbocycles. The lowest BCUT2D eigenvalue weighted by molar-refractivity contribution is 0.0635. The molecule has 2 heterocycles. The van der Waals surface area contributed by atoms with E-state index < -0.39 is 20.0 Å². The Morgan fingerprint density at radius 1 is 1.03 bits per heavy atom. The van der Waals surface area contributed by atoms with Gasteiger partial charge in [0.1, 0.15) is 23.8 Å². The molecule has 1 amide bonds. The van der Waals surface area contributed by atoms with E-state index in [1.165, 1.54) is 0 Å². The lowest BCUT2D eigenvalue weighted by atomic mass is 10.1. The molecule has 3 rings (SSSR count). The van der Waals surface area contributed by atoms with Crippen molar-refractivity contribution in [1.29, 1.82) is 0 Å². The number of carbonyl (C=O) groups is 1. The third-order valence-corrected chi connectivity index (χ3v) is 11.0. The monoisotopic (exact) mass is 523 g/mol. The number of aromatic nitrogens is 2. The highest BCUT2D eigenvalue weighted by molar-refractivity contribution is 6.74. The van der Waals surface area contributed by atoms with Crippen LogP contribution in [0.3, 0.4) is 0 Å². The molecule has 0 fully saturated rings. The predicted molar refractivity (Wildman–Crippen MR) is 153 cm³/mol. The third kappa shape index (κ3) is 8.00. The first kappa shape index (κ1) is 28.6. The summed E-state index contributed by atoms with van der Waals surface area (Å²) in [5, 5.41) is 3.80. The van der Waals surface area contributed by atoms with Crippen LogP contribution in [0.15, 0.2) is 48.7 Å². The molecule has 0 saturated heterocycles. The van der Waals surface area contributed by atoms with E-state index in [1.807, 2.05) is 57.2 Å². The van der Waals surface area contributed by atoms with Crippen molar-refractivity contribution in [3.8, 4) is 17.0 Å². The van der Waals surface area contributed by atoms with E-state index in [9.17, 15) is 4.79 Å². The van der Waals surface area contributed by atoms with Crippen molar-refractivity contribution in [2.45, 2.75) is 84.7 Å². The maximum Gasteiger partial charge on any atom is 0.413 e. The Labute approximate surface area is 222 Å². The van der Waals surface area contributed by atoms with Crippen LogP contribution in [0.4, 0.5) is 10.6 Å². The molecule has 1 N–H and O–H groups in total. The van der Waals surface area contributed by atoms with Crippen LogP contribution in [0.2, 0.25) is 18.1 Å². The van der Waals surface area contributed by atoms with Crippen molar-refractivity contribution in [3.63, 3.8) is 0 Å². The second kappa shape index (κ2) is 11.2. The molecule has 1 atom stereocenters. The van der Waals surface area contributed by atoms with Gasteiger partial charge in [0.25, 0.3) is 0 Å².